The van der Waals surface area contributed by atoms with Crippen molar-refractivity contribution in [3.05, 3.63) is 35.4 Å². The van der Waals surface area contributed by atoms with Crippen LogP contribution >= 0.6 is 0 Å². The monoisotopic (exact) mass is 233 g/mol. The number of nitrogens with two attached hydrogens (primary N) is 1. The minimum atomic E-state index is 0.225. The number of benzene rings is 1. The molecule has 2 heteroatoms. The van der Waals surface area contributed by atoms with E-state index >= 15 is 0 Å². The maximum absolute atomic E-state index is 11.9. The van der Waals surface area contributed by atoms with E-state index in [1.165, 1.54) is 0 Å². The average molecular weight is 233 g/mol. The molecule has 0 spiro atoms. The van der Waals surface area contributed by atoms with Gasteiger partial charge in [-0.25, -0.2) is 0 Å². The molecule has 0 saturated heterocycles. The molecule has 0 unspecified atom stereocenters. The molecule has 2 nitrogen and oxygen atoms in total. The molecular weight excluding hydrogens is 210 g/mol. The lowest BCUT2D eigenvalue weighted by Crippen LogP contribution is -2.12. The Hall–Kier alpha value is -1.15. The molecule has 0 bridgehead atoms. The molecule has 0 aliphatic heterocycles. The van der Waals surface area contributed by atoms with Gasteiger partial charge in [0.2, 0.25) is 0 Å². The van der Waals surface area contributed by atoms with E-state index in [0.717, 1.165) is 17.5 Å². The summed E-state index contributed by atoms with van der Waals surface area (Å²) in [6.45, 7) is 6.99. The fourth-order valence-corrected chi connectivity index (χ4v) is 1.74. The van der Waals surface area contributed by atoms with Crippen molar-refractivity contribution in [2.45, 2.75) is 46.6 Å². The second-order valence-electron chi connectivity index (χ2n) is 5.75. The fourth-order valence-electron chi connectivity index (χ4n) is 1.74. The summed E-state index contributed by atoms with van der Waals surface area (Å²) < 4.78 is 0. The first-order valence-electron chi connectivity index (χ1n) is 6.21. The molecule has 0 heterocycles. The van der Waals surface area contributed by atoms with Crippen molar-refractivity contribution in [1.29, 1.82) is 0 Å². The van der Waals surface area contributed by atoms with Crippen molar-refractivity contribution in [1.82, 2.24) is 0 Å². The molecule has 1 rings (SSSR count). The lowest BCUT2D eigenvalue weighted by Gasteiger charge is -2.17. The summed E-state index contributed by atoms with van der Waals surface area (Å²) in [6.07, 6.45) is 2.11. The van der Waals surface area contributed by atoms with Crippen molar-refractivity contribution < 1.29 is 4.79 Å². The van der Waals surface area contributed by atoms with Gasteiger partial charge in [0.25, 0.3) is 0 Å². The molecular formula is C15H23NO. The van der Waals surface area contributed by atoms with Gasteiger partial charge in [0.15, 0.2) is 0 Å². The van der Waals surface area contributed by atoms with Crippen LogP contribution in [0.5, 0.6) is 0 Å². The largest absolute Gasteiger partial charge is 0.326 e. The molecule has 0 radical (unpaired) electrons. The van der Waals surface area contributed by atoms with Crippen LogP contribution in [0.25, 0.3) is 0 Å². The van der Waals surface area contributed by atoms with E-state index in [-0.39, 0.29) is 5.41 Å². The van der Waals surface area contributed by atoms with Gasteiger partial charge in [0.1, 0.15) is 5.78 Å². The summed E-state index contributed by atoms with van der Waals surface area (Å²) in [5.41, 5.74) is 8.04. The minimum absolute atomic E-state index is 0.225. The van der Waals surface area contributed by atoms with Gasteiger partial charge in [-0.05, 0) is 23.0 Å². The molecule has 0 fully saturated rings. The zero-order valence-corrected chi connectivity index (χ0v) is 11.1. The van der Waals surface area contributed by atoms with Crippen LogP contribution in [0.3, 0.4) is 0 Å². The molecule has 94 valence electrons. The third-order valence-electron chi connectivity index (χ3n) is 2.88. The Labute approximate surface area is 104 Å². The van der Waals surface area contributed by atoms with Crippen molar-refractivity contribution in [3.8, 4) is 0 Å². The first-order chi connectivity index (χ1) is 7.92. The van der Waals surface area contributed by atoms with Crippen LogP contribution in [-0.4, -0.2) is 5.78 Å². The van der Waals surface area contributed by atoms with Crippen LogP contribution in [0, 0.1) is 5.41 Å². The number of rotatable bonds is 5. The highest BCUT2D eigenvalue weighted by Crippen LogP contribution is 2.21. The Morgan fingerprint density at radius 3 is 2.29 bits per heavy atom. The Morgan fingerprint density at radius 2 is 1.76 bits per heavy atom. The molecule has 0 aliphatic carbocycles. The van der Waals surface area contributed by atoms with Gasteiger partial charge in [-0.2, -0.15) is 0 Å². The van der Waals surface area contributed by atoms with E-state index in [1.807, 2.05) is 24.3 Å². The summed E-state index contributed by atoms with van der Waals surface area (Å²) in [6, 6.07) is 7.92. The van der Waals surface area contributed by atoms with Crippen molar-refractivity contribution in [3.63, 3.8) is 0 Å². The highest BCUT2D eigenvalue weighted by molar-refractivity contribution is 5.81. The summed E-state index contributed by atoms with van der Waals surface area (Å²) in [5, 5.41) is 0. The predicted molar refractivity (Wildman–Crippen MR) is 71.7 cm³/mol. The Kier molecular flexibility index (Phi) is 4.88. The van der Waals surface area contributed by atoms with Crippen LogP contribution in [0.2, 0.25) is 0 Å². The topological polar surface area (TPSA) is 43.1 Å². The lowest BCUT2D eigenvalue weighted by molar-refractivity contribution is -0.118. The molecule has 0 amide bonds. The van der Waals surface area contributed by atoms with Gasteiger partial charge in [-0.1, -0.05) is 45.0 Å². The molecule has 17 heavy (non-hydrogen) atoms. The lowest BCUT2D eigenvalue weighted by atomic mass is 9.88. The molecule has 2 N–H and O–H groups in total. The standard InChI is InChI=1S/C15H23NO/c1-15(2,3)9-8-14(17)10-12-6-4-5-7-13(12)11-16/h4-7H,8-11,16H2,1-3H3. The van der Waals surface area contributed by atoms with Crippen LogP contribution < -0.4 is 5.73 Å². The Bertz CT molecular complexity index is 377. The fraction of sp³-hybridized carbons (Fsp3) is 0.533. The van der Waals surface area contributed by atoms with Crippen LogP contribution in [0.15, 0.2) is 24.3 Å². The maximum atomic E-state index is 11.9. The number of Topliss-reactive ketones (excluding diaryl/α,β-unsaturated/α-hetero) is 1. The van der Waals surface area contributed by atoms with Gasteiger partial charge < -0.3 is 5.73 Å². The average Bonchev–Trinajstić information content (AvgIpc) is 2.26. The normalized spacial score (nSPS) is 11.5. The zero-order chi connectivity index (χ0) is 12.9. The molecule has 0 saturated carbocycles. The molecule has 0 aliphatic rings. The summed E-state index contributed by atoms with van der Waals surface area (Å²) >= 11 is 0. The van der Waals surface area contributed by atoms with Gasteiger partial charge in [0, 0.05) is 19.4 Å². The quantitative estimate of drug-likeness (QED) is 0.849. The first-order valence-corrected chi connectivity index (χ1v) is 6.21. The third kappa shape index (κ3) is 5.14. The molecule has 0 aromatic heterocycles. The van der Waals surface area contributed by atoms with Crippen LogP contribution in [-0.2, 0) is 17.8 Å². The summed E-state index contributed by atoms with van der Waals surface area (Å²) in [5.74, 6) is 0.306. The molecule has 1 aromatic rings. The van der Waals surface area contributed by atoms with Crippen LogP contribution in [0.4, 0.5) is 0 Å². The van der Waals surface area contributed by atoms with E-state index in [0.29, 0.717) is 25.2 Å². The van der Waals surface area contributed by atoms with Crippen molar-refractivity contribution in [2.75, 3.05) is 0 Å². The highest BCUT2D eigenvalue weighted by atomic mass is 16.1. The predicted octanol–water partition coefficient (Wildman–Crippen LogP) is 3.08. The number of ketones is 1. The Balaban J connectivity index is 2.56. The number of carbonyl (C=O) groups excluding carboxylic acids is 1. The number of hydrogen-bond acceptors (Lipinski definition) is 2. The SMILES string of the molecule is CC(C)(C)CCC(=O)Cc1ccccc1CN. The van der Waals surface area contributed by atoms with Gasteiger partial charge in [0.05, 0.1) is 0 Å². The third-order valence-corrected chi connectivity index (χ3v) is 2.88. The smallest absolute Gasteiger partial charge is 0.137 e. The Morgan fingerprint density at radius 1 is 1.18 bits per heavy atom. The maximum Gasteiger partial charge on any atom is 0.137 e. The van der Waals surface area contributed by atoms with Crippen molar-refractivity contribution in [2.24, 2.45) is 11.1 Å². The van der Waals surface area contributed by atoms with Gasteiger partial charge >= 0.3 is 0 Å². The number of hydrogen-bond donors (Lipinski definition) is 1. The zero-order valence-electron chi connectivity index (χ0n) is 11.1. The second kappa shape index (κ2) is 5.97. The minimum Gasteiger partial charge on any atom is -0.326 e. The van der Waals surface area contributed by atoms with E-state index in [2.05, 4.69) is 20.8 Å². The molecule has 0 atom stereocenters. The number of carbonyl (C=O) groups is 1. The van der Waals surface area contributed by atoms with E-state index in [9.17, 15) is 4.79 Å². The second-order valence-corrected chi connectivity index (χ2v) is 5.75. The van der Waals surface area contributed by atoms with Crippen LogP contribution in [0.1, 0.15) is 44.7 Å². The van der Waals surface area contributed by atoms with Gasteiger partial charge in [-0.3, -0.25) is 4.79 Å². The highest BCUT2D eigenvalue weighted by Gasteiger charge is 2.13. The molecule has 1 aromatic carbocycles. The summed E-state index contributed by atoms with van der Waals surface area (Å²) in [4.78, 5) is 11.9. The van der Waals surface area contributed by atoms with Gasteiger partial charge in [-0.15, -0.1) is 0 Å². The van der Waals surface area contributed by atoms with E-state index in [1.54, 1.807) is 0 Å². The first kappa shape index (κ1) is 13.9. The van der Waals surface area contributed by atoms with E-state index in [4.69, 9.17) is 5.73 Å². The van der Waals surface area contributed by atoms with Crippen molar-refractivity contribution >= 4 is 5.78 Å². The summed E-state index contributed by atoms with van der Waals surface area (Å²) in [7, 11) is 0. The van der Waals surface area contributed by atoms with E-state index < -0.39 is 0 Å².